The zero-order chi connectivity index (χ0) is 14.7. The molecule has 0 fully saturated rings. The smallest absolute Gasteiger partial charge is 0.126 e. The van der Waals surface area contributed by atoms with Crippen molar-refractivity contribution in [2.24, 2.45) is 0 Å². The van der Waals surface area contributed by atoms with Gasteiger partial charge >= 0.3 is 0 Å². The Morgan fingerprint density at radius 1 is 1.00 bits per heavy atom. The molecular formula is C16H18Cl2N4S. The number of pyridine rings is 1. The molecule has 0 radical (unpaired) electrons. The topological polar surface area (TPSA) is 77.0 Å². The predicted octanol–water partition coefficient (Wildman–Crippen LogP) is 4.43. The van der Waals surface area contributed by atoms with Crippen molar-refractivity contribution in [3.05, 3.63) is 58.9 Å². The van der Waals surface area contributed by atoms with Crippen molar-refractivity contribution in [3.63, 3.8) is 0 Å². The summed E-state index contributed by atoms with van der Waals surface area (Å²) < 4.78 is 0. The predicted molar refractivity (Wildman–Crippen MR) is 105 cm³/mol. The SMILES string of the molecule is Cl.Cl.Nc1ccc(N)c(-c2cscc2CNc2ccccn2)c1. The molecule has 0 unspecified atom stereocenters. The monoisotopic (exact) mass is 368 g/mol. The van der Waals surface area contributed by atoms with Gasteiger partial charge in [-0.2, -0.15) is 11.3 Å². The van der Waals surface area contributed by atoms with Crippen LogP contribution in [0.4, 0.5) is 17.2 Å². The maximum absolute atomic E-state index is 6.07. The van der Waals surface area contributed by atoms with Crippen molar-refractivity contribution in [1.82, 2.24) is 4.98 Å². The Morgan fingerprint density at radius 2 is 1.83 bits per heavy atom. The average molecular weight is 369 g/mol. The molecule has 7 heteroatoms. The first-order valence-corrected chi connectivity index (χ1v) is 7.53. The zero-order valence-corrected chi connectivity index (χ0v) is 14.7. The van der Waals surface area contributed by atoms with E-state index in [2.05, 4.69) is 21.1 Å². The van der Waals surface area contributed by atoms with Crippen molar-refractivity contribution in [2.45, 2.75) is 6.54 Å². The Hall–Kier alpha value is -1.95. The highest BCUT2D eigenvalue weighted by molar-refractivity contribution is 7.08. The standard InChI is InChI=1S/C16H16N4S.2ClH/c17-12-4-5-15(18)13(7-12)14-10-21-9-11(14)8-20-16-3-1-2-6-19-16;;/h1-7,9-10H,8,17-18H2,(H,19,20);2*1H. The van der Waals surface area contributed by atoms with Crippen LogP contribution in [0.15, 0.2) is 53.4 Å². The number of nitrogens with two attached hydrogens (primary N) is 2. The largest absolute Gasteiger partial charge is 0.399 e. The first kappa shape index (κ1) is 19.1. The summed E-state index contributed by atoms with van der Waals surface area (Å²) in [6, 6.07) is 11.4. The summed E-state index contributed by atoms with van der Waals surface area (Å²) in [7, 11) is 0. The van der Waals surface area contributed by atoms with Crippen LogP contribution in [0.1, 0.15) is 5.56 Å². The molecule has 4 nitrogen and oxygen atoms in total. The molecule has 23 heavy (non-hydrogen) atoms. The van der Waals surface area contributed by atoms with Gasteiger partial charge in [-0.1, -0.05) is 6.07 Å². The highest BCUT2D eigenvalue weighted by Crippen LogP contribution is 2.33. The van der Waals surface area contributed by atoms with Crippen molar-refractivity contribution in [2.75, 3.05) is 16.8 Å². The van der Waals surface area contributed by atoms with E-state index >= 15 is 0 Å². The number of halogens is 2. The Bertz CT molecular complexity index is 747. The lowest BCUT2D eigenvalue weighted by Gasteiger charge is -2.10. The summed E-state index contributed by atoms with van der Waals surface area (Å²) in [5.41, 5.74) is 16.7. The van der Waals surface area contributed by atoms with Crippen LogP contribution in [0.2, 0.25) is 0 Å². The Balaban J connectivity index is 0.00000132. The molecule has 0 spiro atoms. The third kappa shape index (κ3) is 4.51. The number of hydrogen-bond donors (Lipinski definition) is 3. The fourth-order valence-corrected chi connectivity index (χ4v) is 3.01. The summed E-state index contributed by atoms with van der Waals surface area (Å²) in [4.78, 5) is 4.26. The van der Waals surface area contributed by atoms with Crippen LogP contribution in [0.25, 0.3) is 11.1 Å². The summed E-state index contributed by atoms with van der Waals surface area (Å²) in [5, 5.41) is 7.53. The lowest BCUT2D eigenvalue weighted by atomic mass is 10.0. The van der Waals surface area contributed by atoms with E-state index < -0.39 is 0 Å². The summed E-state index contributed by atoms with van der Waals surface area (Å²) in [6.07, 6.45) is 1.77. The van der Waals surface area contributed by atoms with Crippen molar-refractivity contribution in [3.8, 4) is 11.1 Å². The summed E-state index contributed by atoms with van der Waals surface area (Å²) in [5.74, 6) is 0.857. The van der Waals surface area contributed by atoms with Crippen molar-refractivity contribution in [1.29, 1.82) is 0 Å². The maximum atomic E-state index is 6.07. The van der Waals surface area contributed by atoms with Crippen LogP contribution in [-0.2, 0) is 6.54 Å². The number of nitrogen functional groups attached to an aromatic ring is 2. The zero-order valence-electron chi connectivity index (χ0n) is 12.2. The average Bonchev–Trinajstić information content (AvgIpc) is 2.97. The van der Waals surface area contributed by atoms with Gasteiger partial charge < -0.3 is 16.8 Å². The third-order valence-electron chi connectivity index (χ3n) is 3.23. The fraction of sp³-hybridized carbons (Fsp3) is 0.0625. The third-order valence-corrected chi connectivity index (χ3v) is 4.03. The summed E-state index contributed by atoms with van der Waals surface area (Å²) in [6.45, 7) is 0.698. The molecule has 0 saturated carbocycles. The number of anilines is 3. The molecule has 0 bridgehead atoms. The number of thiophene rings is 1. The second kappa shape index (κ2) is 8.62. The van der Waals surface area contributed by atoms with Gasteiger partial charge in [-0.25, -0.2) is 4.98 Å². The van der Waals surface area contributed by atoms with Crippen molar-refractivity contribution < 1.29 is 0 Å². The quantitative estimate of drug-likeness (QED) is 0.595. The number of hydrogen-bond acceptors (Lipinski definition) is 5. The molecule has 5 N–H and O–H groups in total. The molecule has 3 rings (SSSR count). The van der Waals surface area contributed by atoms with E-state index in [1.807, 2.05) is 36.4 Å². The molecule has 122 valence electrons. The van der Waals surface area contributed by atoms with Gasteiger partial charge in [0.15, 0.2) is 0 Å². The second-order valence-electron chi connectivity index (χ2n) is 4.73. The van der Waals surface area contributed by atoms with Gasteiger partial charge in [-0.3, -0.25) is 0 Å². The Kier molecular flexibility index (Phi) is 7.16. The number of aromatic nitrogens is 1. The molecule has 0 saturated heterocycles. The van der Waals surface area contributed by atoms with E-state index in [9.17, 15) is 0 Å². The number of rotatable bonds is 4. The van der Waals surface area contributed by atoms with Crippen LogP contribution in [-0.4, -0.2) is 4.98 Å². The van der Waals surface area contributed by atoms with Crippen LogP contribution in [0.3, 0.4) is 0 Å². The van der Waals surface area contributed by atoms with Crippen LogP contribution in [0.5, 0.6) is 0 Å². The van der Waals surface area contributed by atoms with Crippen LogP contribution < -0.4 is 16.8 Å². The Labute approximate surface area is 151 Å². The van der Waals surface area contributed by atoms with E-state index in [1.165, 1.54) is 5.56 Å². The molecule has 1 aromatic carbocycles. The van der Waals surface area contributed by atoms with Gasteiger partial charge in [0.25, 0.3) is 0 Å². The molecule has 0 aliphatic carbocycles. The Morgan fingerprint density at radius 3 is 2.57 bits per heavy atom. The van der Waals surface area contributed by atoms with E-state index in [-0.39, 0.29) is 24.8 Å². The first-order chi connectivity index (χ1) is 10.2. The summed E-state index contributed by atoms with van der Waals surface area (Å²) >= 11 is 1.65. The molecule has 3 aromatic rings. The molecule has 2 heterocycles. The van der Waals surface area contributed by atoms with Crippen molar-refractivity contribution >= 4 is 53.3 Å². The highest BCUT2D eigenvalue weighted by atomic mass is 35.5. The fourth-order valence-electron chi connectivity index (χ4n) is 2.16. The molecular weight excluding hydrogens is 351 g/mol. The van der Waals surface area contributed by atoms with E-state index in [4.69, 9.17) is 11.5 Å². The van der Waals surface area contributed by atoms with Gasteiger partial charge in [0.2, 0.25) is 0 Å². The van der Waals surface area contributed by atoms with E-state index in [0.717, 1.165) is 22.6 Å². The van der Waals surface area contributed by atoms with E-state index in [0.29, 0.717) is 12.2 Å². The molecule has 0 amide bonds. The minimum atomic E-state index is 0. The molecule has 0 atom stereocenters. The van der Waals surface area contributed by atoms with Gasteiger partial charge in [-0.05, 0) is 52.2 Å². The number of benzene rings is 1. The molecule has 2 aromatic heterocycles. The van der Waals surface area contributed by atoms with Gasteiger partial charge in [0, 0.05) is 29.7 Å². The van der Waals surface area contributed by atoms with Crippen LogP contribution in [0, 0.1) is 0 Å². The van der Waals surface area contributed by atoms with Gasteiger partial charge in [0.05, 0.1) is 0 Å². The lowest BCUT2D eigenvalue weighted by molar-refractivity contribution is 1.12. The first-order valence-electron chi connectivity index (χ1n) is 6.59. The minimum Gasteiger partial charge on any atom is -0.399 e. The number of nitrogens with zero attached hydrogens (tertiary/aromatic N) is 1. The van der Waals surface area contributed by atoms with Gasteiger partial charge in [-0.15, -0.1) is 24.8 Å². The minimum absolute atomic E-state index is 0. The highest BCUT2D eigenvalue weighted by Gasteiger charge is 2.10. The molecule has 0 aliphatic rings. The van der Waals surface area contributed by atoms with Crippen LogP contribution >= 0.6 is 36.2 Å². The normalized spacial score (nSPS) is 9.57. The van der Waals surface area contributed by atoms with Gasteiger partial charge in [0.1, 0.15) is 5.82 Å². The molecule has 0 aliphatic heterocycles. The number of nitrogens with one attached hydrogen (secondary N) is 1. The maximum Gasteiger partial charge on any atom is 0.126 e. The lowest BCUT2D eigenvalue weighted by Crippen LogP contribution is -2.01. The van der Waals surface area contributed by atoms with E-state index in [1.54, 1.807) is 17.5 Å². The second-order valence-corrected chi connectivity index (χ2v) is 5.47.